The van der Waals surface area contributed by atoms with E-state index in [-0.39, 0.29) is 57.1 Å². The average Bonchev–Trinajstić information content (AvgIpc) is 2.65. The van der Waals surface area contributed by atoms with Gasteiger partial charge in [-0.15, -0.1) is 0 Å². The fourth-order valence-electron chi connectivity index (χ4n) is 3.43. The number of hydrogen-bond donors (Lipinski definition) is 1. The van der Waals surface area contributed by atoms with E-state index in [4.69, 9.17) is 0 Å². The zero-order valence-electron chi connectivity index (χ0n) is 19.2. The van der Waals surface area contributed by atoms with E-state index in [1.165, 1.54) is 89.9 Å². The molecule has 5 nitrogen and oxygen atoms in total. The summed E-state index contributed by atoms with van der Waals surface area (Å²) in [4.78, 5) is 10.2. The minimum absolute atomic E-state index is 0. The molecule has 0 aromatic carbocycles. The SMILES string of the molecule is CCCCCCCCCCCCCCCCCCCCS(=O)(=O)NCC(=O)[O-].[K+]. The molecular weight excluding hydrogens is 413 g/mol. The van der Waals surface area contributed by atoms with E-state index < -0.39 is 22.5 Å². The number of aliphatic carboxylic acids is 1. The van der Waals surface area contributed by atoms with Gasteiger partial charge in [-0.1, -0.05) is 116 Å². The molecule has 0 amide bonds. The van der Waals surface area contributed by atoms with Gasteiger partial charge in [0.1, 0.15) is 0 Å². The fourth-order valence-corrected chi connectivity index (χ4v) is 4.50. The Bertz CT molecular complexity index is 458. The summed E-state index contributed by atoms with van der Waals surface area (Å²) in [6, 6.07) is 0. The second-order valence-corrected chi connectivity index (χ2v) is 9.95. The van der Waals surface area contributed by atoms with Crippen molar-refractivity contribution in [1.29, 1.82) is 0 Å². The van der Waals surface area contributed by atoms with Crippen LogP contribution in [0.1, 0.15) is 122 Å². The summed E-state index contributed by atoms with van der Waals surface area (Å²) >= 11 is 0. The van der Waals surface area contributed by atoms with Crippen LogP contribution >= 0.6 is 0 Å². The van der Waals surface area contributed by atoms with Gasteiger partial charge in [-0.05, 0) is 6.42 Å². The summed E-state index contributed by atoms with van der Waals surface area (Å²) in [6.45, 7) is 1.63. The van der Waals surface area contributed by atoms with Crippen LogP contribution in [0.4, 0.5) is 0 Å². The smallest absolute Gasteiger partial charge is 0.549 e. The van der Waals surface area contributed by atoms with Crippen molar-refractivity contribution < 1.29 is 69.7 Å². The molecule has 7 heteroatoms. The van der Waals surface area contributed by atoms with Crippen LogP contribution in [0.5, 0.6) is 0 Å². The molecule has 0 unspecified atom stereocenters. The van der Waals surface area contributed by atoms with E-state index in [2.05, 4.69) is 6.92 Å². The molecule has 0 aliphatic carbocycles. The molecular formula is C22H44KNO4S. The largest absolute Gasteiger partial charge is 1.00 e. The fraction of sp³-hybridized carbons (Fsp3) is 0.955. The quantitative estimate of drug-likeness (QED) is 0.198. The molecule has 0 bridgehead atoms. The van der Waals surface area contributed by atoms with Crippen molar-refractivity contribution in [2.45, 2.75) is 122 Å². The van der Waals surface area contributed by atoms with Crippen molar-refractivity contribution in [3.8, 4) is 0 Å². The molecule has 0 aliphatic heterocycles. The average molecular weight is 458 g/mol. The van der Waals surface area contributed by atoms with E-state index in [1.807, 2.05) is 4.72 Å². The van der Waals surface area contributed by atoms with Crippen molar-refractivity contribution in [2.75, 3.05) is 12.3 Å². The molecule has 0 aromatic heterocycles. The van der Waals surface area contributed by atoms with Gasteiger partial charge >= 0.3 is 51.4 Å². The number of nitrogens with one attached hydrogen (secondary N) is 1. The van der Waals surface area contributed by atoms with Gasteiger partial charge in [0.05, 0.1) is 18.3 Å². The third kappa shape index (κ3) is 27.0. The first-order chi connectivity index (χ1) is 13.5. The standard InChI is InChI=1S/C22H45NO4S.K/c1-2-3-4-5-6-7-8-9-10-11-12-13-14-15-16-17-18-19-20-28(26,27)23-21-22(24)25;/h23H,2-21H2,1H3,(H,24,25);/q;+1/p-1. The van der Waals surface area contributed by atoms with E-state index >= 15 is 0 Å². The topological polar surface area (TPSA) is 86.3 Å². The van der Waals surface area contributed by atoms with Gasteiger partial charge in [-0.2, -0.15) is 0 Å². The number of hydrogen-bond acceptors (Lipinski definition) is 4. The maximum atomic E-state index is 11.5. The molecule has 0 rings (SSSR count). The Labute approximate surface area is 223 Å². The molecule has 1 N–H and O–H groups in total. The second-order valence-electron chi connectivity index (χ2n) is 8.02. The third-order valence-corrected chi connectivity index (χ3v) is 6.61. The first-order valence-electron chi connectivity index (χ1n) is 11.6. The van der Waals surface area contributed by atoms with E-state index in [9.17, 15) is 18.3 Å². The number of sulfonamides is 1. The number of rotatable bonds is 22. The summed E-state index contributed by atoms with van der Waals surface area (Å²) < 4.78 is 25.0. The van der Waals surface area contributed by atoms with Gasteiger partial charge in [0, 0.05) is 0 Å². The Morgan fingerprint density at radius 2 is 0.966 bits per heavy atom. The Morgan fingerprint density at radius 1 is 0.655 bits per heavy atom. The Kier molecular flexibility index (Phi) is 26.3. The zero-order chi connectivity index (χ0) is 20.9. The summed E-state index contributed by atoms with van der Waals surface area (Å²) in [5.74, 6) is -1.40. The second kappa shape index (κ2) is 23.7. The van der Waals surface area contributed by atoms with Crippen LogP contribution in [-0.4, -0.2) is 26.7 Å². The van der Waals surface area contributed by atoms with Crippen LogP contribution in [0.25, 0.3) is 0 Å². The molecule has 0 spiro atoms. The molecule has 0 radical (unpaired) electrons. The molecule has 0 fully saturated rings. The molecule has 168 valence electrons. The predicted octanol–water partition coefficient (Wildman–Crippen LogP) is 1.70. The van der Waals surface area contributed by atoms with Crippen molar-refractivity contribution >= 4 is 16.0 Å². The van der Waals surface area contributed by atoms with E-state index in [0.29, 0.717) is 6.42 Å². The predicted molar refractivity (Wildman–Crippen MR) is 116 cm³/mol. The maximum Gasteiger partial charge on any atom is 1.00 e. The van der Waals surface area contributed by atoms with Gasteiger partial charge in [0.25, 0.3) is 0 Å². The van der Waals surface area contributed by atoms with E-state index in [1.54, 1.807) is 0 Å². The Morgan fingerprint density at radius 3 is 1.28 bits per heavy atom. The monoisotopic (exact) mass is 457 g/mol. The van der Waals surface area contributed by atoms with Gasteiger partial charge in [-0.3, -0.25) is 0 Å². The molecule has 29 heavy (non-hydrogen) atoms. The van der Waals surface area contributed by atoms with Crippen LogP contribution in [0, 0.1) is 0 Å². The van der Waals surface area contributed by atoms with Crippen LogP contribution in [0.3, 0.4) is 0 Å². The molecule has 0 aliphatic rings. The summed E-state index contributed by atoms with van der Waals surface area (Å²) in [7, 11) is -3.47. The van der Waals surface area contributed by atoms with Crippen molar-refractivity contribution in [3.63, 3.8) is 0 Å². The first-order valence-corrected chi connectivity index (χ1v) is 13.3. The third-order valence-electron chi connectivity index (χ3n) is 5.20. The minimum Gasteiger partial charge on any atom is -0.549 e. The molecule has 0 heterocycles. The maximum absolute atomic E-state index is 11.5. The number of unbranched alkanes of at least 4 members (excludes halogenated alkanes) is 17. The van der Waals surface area contributed by atoms with Crippen LogP contribution in [0.2, 0.25) is 0 Å². The van der Waals surface area contributed by atoms with Crippen LogP contribution in [0.15, 0.2) is 0 Å². The summed E-state index contributed by atoms with van der Waals surface area (Å²) in [6.07, 6.45) is 22.8. The Balaban J connectivity index is 0. The van der Waals surface area contributed by atoms with Crippen LogP contribution < -0.4 is 61.2 Å². The number of carboxylic acids is 1. The van der Waals surface area contributed by atoms with Gasteiger partial charge in [0.15, 0.2) is 0 Å². The normalized spacial score (nSPS) is 11.3. The van der Waals surface area contributed by atoms with Gasteiger partial charge < -0.3 is 9.90 Å². The van der Waals surface area contributed by atoms with Crippen molar-refractivity contribution in [1.82, 2.24) is 4.72 Å². The molecule has 0 atom stereocenters. The number of carboxylic acid groups (broad SMARTS) is 1. The van der Waals surface area contributed by atoms with E-state index in [0.717, 1.165) is 19.3 Å². The summed E-state index contributed by atoms with van der Waals surface area (Å²) in [5, 5.41) is 10.2. The van der Waals surface area contributed by atoms with Crippen molar-refractivity contribution in [2.24, 2.45) is 0 Å². The molecule has 0 saturated heterocycles. The summed E-state index contributed by atoms with van der Waals surface area (Å²) in [5.41, 5.74) is 0. The number of carbonyl (C=O) groups excluding carboxylic acids is 1. The van der Waals surface area contributed by atoms with Crippen LogP contribution in [-0.2, 0) is 14.8 Å². The van der Waals surface area contributed by atoms with Gasteiger partial charge in [0.2, 0.25) is 10.0 Å². The Hall–Kier alpha value is 1.02. The first kappa shape index (κ1) is 32.2. The number of carbonyl (C=O) groups is 1. The molecule has 0 aromatic rings. The molecule has 0 saturated carbocycles. The zero-order valence-corrected chi connectivity index (χ0v) is 23.1. The minimum atomic E-state index is -3.47. The van der Waals surface area contributed by atoms with Crippen molar-refractivity contribution in [3.05, 3.63) is 0 Å². The van der Waals surface area contributed by atoms with Gasteiger partial charge in [-0.25, -0.2) is 13.1 Å².